The van der Waals surface area contributed by atoms with Crippen molar-refractivity contribution in [2.75, 3.05) is 7.11 Å². The van der Waals surface area contributed by atoms with Gasteiger partial charge in [-0.3, -0.25) is 4.79 Å². The fourth-order valence-corrected chi connectivity index (χ4v) is 2.72. The van der Waals surface area contributed by atoms with E-state index < -0.39 is 0 Å². The second-order valence-corrected chi connectivity index (χ2v) is 5.44. The Morgan fingerprint density at radius 1 is 1.05 bits per heavy atom. The van der Waals surface area contributed by atoms with Crippen LogP contribution in [-0.2, 0) is 18.0 Å². The molecule has 2 aromatic carbocycles. The van der Waals surface area contributed by atoms with Gasteiger partial charge >= 0.3 is 0 Å². The molecule has 0 aromatic heterocycles. The first-order chi connectivity index (χ1) is 10.1. The van der Waals surface area contributed by atoms with Gasteiger partial charge < -0.3 is 9.47 Å². The Morgan fingerprint density at radius 3 is 2.57 bits per heavy atom. The molecule has 0 radical (unpaired) electrons. The van der Waals surface area contributed by atoms with Crippen LogP contribution in [0.1, 0.15) is 38.2 Å². The summed E-state index contributed by atoms with van der Waals surface area (Å²) in [6.07, 6.45) is 0. The van der Waals surface area contributed by atoms with E-state index in [4.69, 9.17) is 9.47 Å². The van der Waals surface area contributed by atoms with Crippen LogP contribution in [0.15, 0.2) is 30.3 Å². The van der Waals surface area contributed by atoms with Gasteiger partial charge in [-0.25, -0.2) is 0 Å². The molecule has 0 aliphatic carbocycles. The van der Waals surface area contributed by atoms with E-state index in [1.807, 2.05) is 44.2 Å². The molecule has 0 unspecified atom stereocenters. The zero-order valence-electron chi connectivity index (χ0n) is 12.5. The first kappa shape index (κ1) is 13.8. The van der Waals surface area contributed by atoms with Crippen molar-refractivity contribution >= 4 is 5.78 Å². The quantitative estimate of drug-likeness (QED) is 0.807. The van der Waals surface area contributed by atoms with Crippen LogP contribution in [0.4, 0.5) is 0 Å². The molecule has 0 fully saturated rings. The summed E-state index contributed by atoms with van der Waals surface area (Å²) in [6.45, 7) is 5.12. The minimum atomic E-state index is 0.0490. The van der Waals surface area contributed by atoms with E-state index in [-0.39, 0.29) is 5.78 Å². The van der Waals surface area contributed by atoms with E-state index >= 15 is 0 Å². The predicted octanol–water partition coefficient (Wildman–Crippen LogP) is 3.57. The highest BCUT2D eigenvalue weighted by molar-refractivity contribution is 6.10. The molecule has 0 amide bonds. The molecule has 2 aromatic rings. The summed E-state index contributed by atoms with van der Waals surface area (Å²) in [5.41, 5.74) is 5.63. The molecular weight excluding hydrogens is 264 g/mol. The first-order valence-corrected chi connectivity index (χ1v) is 6.99. The van der Waals surface area contributed by atoms with Crippen molar-refractivity contribution in [1.82, 2.24) is 0 Å². The highest BCUT2D eigenvalue weighted by Gasteiger charge is 2.17. The Balaban J connectivity index is 2.01. The minimum absolute atomic E-state index is 0.0490. The molecule has 3 nitrogen and oxygen atoms in total. The van der Waals surface area contributed by atoms with E-state index in [9.17, 15) is 4.79 Å². The number of rotatable bonds is 3. The summed E-state index contributed by atoms with van der Waals surface area (Å²) >= 11 is 0. The Morgan fingerprint density at radius 2 is 1.81 bits per heavy atom. The summed E-state index contributed by atoms with van der Waals surface area (Å²) in [7, 11) is 1.64. The van der Waals surface area contributed by atoms with Crippen LogP contribution in [0.3, 0.4) is 0 Å². The molecule has 0 spiro atoms. The van der Waals surface area contributed by atoms with Crippen LogP contribution in [0.2, 0.25) is 0 Å². The van der Waals surface area contributed by atoms with E-state index in [0.29, 0.717) is 18.8 Å². The Labute approximate surface area is 124 Å². The van der Waals surface area contributed by atoms with Crippen LogP contribution >= 0.6 is 0 Å². The van der Waals surface area contributed by atoms with Gasteiger partial charge in [-0.05, 0) is 54.3 Å². The number of ketones is 1. The van der Waals surface area contributed by atoms with Crippen LogP contribution < -0.4 is 4.74 Å². The third-order valence-electron chi connectivity index (χ3n) is 3.97. The normalized spacial score (nSPS) is 13.1. The highest BCUT2D eigenvalue weighted by atomic mass is 16.5. The number of hydrogen-bond acceptors (Lipinski definition) is 3. The number of fused-ring (bicyclic) bond motifs is 1. The van der Waals surface area contributed by atoms with Crippen molar-refractivity contribution in [3.8, 4) is 5.75 Å². The van der Waals surface area contributed by atoms with Gasteiger partial charge in [0.1, 0.15) is 5.75 Å². The molecule has 3 rings (SSSR count). The third-order valence-corrected chi connectivity index (χ3v) is 3.97. The van der Waals surface area contributed by atoms with E-state index in [0.717, 1.165) is 28.0 Å². The maximum atomic E-state index is 12.7. The van der Waals surface area contributed by atoms with Crippen molar-refractivity contribution in [3.63, 3.8) is 0 Å². The zero-order valence-corrected chi connectivity index (χ0v) is 12.5. The van der Waals surface area contributed by atoms with Gasteiger partial charge in [0.05, 0.1) is 20.3 Å². The fraction of sp³-hybridized carbons (Fsp3) is 0.278. The van der Waals surface area contributed by atoms with Crippen LogP contribution in [0.5, 0.6) is 5.75 Å². The number of aryl methyl sites for hydroxylation is 2. The molecule has 0 N–H and O–H groups in total. The first-order valence-electron chi connectivity index (χ1n) is 6.99. The van der Waals surface area contributed by atoms with Crippen molar-refractivity contribution in [3.05, 3.63) is 63.7 Å². The van der Waals surface area contributed by atoms with Crippen LogP contribution in [-0.4, -0.2) is 12.9 Å². The lowest BCUT2D eigenvalue weighted by Crippen LogP contribution is -2.06. The largest absolute Gasteiger partial charge is 0.496 e. The zero-order chi connectivity index (χ0) is 15.0. The van der Waals surface area contributed by atoms with E-state index in [1.54, 1.807) is 7.11 Å². The Kier molecular flexibility index (Phi) is 3.52. The third kappa shape index (κ3) is 2.45. The van der Waals surface area contributed by atoms with Gasteiger partial charge in [-0.15, -0.1) is 0 Å². The van der Waals surface area contributed by atoms with E-state index in [2.05, 4.69) is 0 Å². The lowest BCUT2D eigenvalue weighted by molar-refractivity contribution is 0.103. The van der Waals surface area contributed by atoms with Gasteiger partial charge in [0.15, 0.2) is 5.78 Å². The molecule has 0 saturated carbocycles. The molecular formula is C18H18O3. The molecule has 1 aliphatic heterocycles. The number of hydrogen-bond donors (Lipinski definition) is 0. The maximum absolute atomic E-state index is 12.7. The lowest BCUT2D eigenvalue weighted by atomic mass is 9.95. The molecule has 21 heavy (non-hydrogen) atoms. The molecule has 3 heteroatoms. The number of benzene rings is 2. The topological polar surface area (TPSA) is 35.5 Å². The highest BCUT2D eigenvalue weighted by Crippen LogP contribution is 2.26. The average molecular weight is 282 g/mol. The predicted molar refractivity (Wildman–Crippen MR) is 80.8 cm³/mol. The van der Waals surface area contributed by atoms with Gasteiger partial charge in [0, 0.05) is 11.1 Å². The summed E-state index contributed by atoms with van der Waals surface area (Å²) in [5, 5.41) is 0. The van der Waals surface area contributed by atoms with Gasteiger partial charge in [0.25, 0.3) is 0 Å². The number of carbonyl (C=O) groups is 1. The summed E-state index contributed by atoms with van der Waals surface area (Å²) < 4.78 is 10.7. The van der Waals surface area contributed by atoms with Crippen LogP contribution in [0.25, 0.3) is 0 Å². The Bertz CT molecular complexity index is 717. The lowest BCUT2D eigenvalue weighted by Gasteiger charge is -2.11. The minimum Gasteiger partial charge on any atom is -0.496 e. The summed E-state index contributed by atoms with van der Waals surface area (Å²) in [4.78, 5) is 12.7. The molecule has 0 saturated heterocycles. The fourth-order valence-electron chi connectivity index (χ4n) is 2.72. The molecule has 0 atom stereocenters. The monoisotopic (exact) mass is 282 g/mol. The van der Waals surface area contributed by atoms with Crippen molar-refractivity contribution < 1.29 is 14.3 Å². The van der Waals surface area contributed by atoms with Gasteiger partial charge in [0.2, 0.25) is 0 Å². The Hall–Kier alpha value is -2.13. The number of ether oxygens (including phenoxy) is 2. The standard InChI is InChI=1S/C18H18O3/c1-11-7-17(20-3)12(2)6-16(11)18(19)13-4-5-14-9-21-10-15(14)8-13/h4-8H,9-10H2,1-3H3. The van der Waals surface area contributed by atoms with Gasteiger partial charge in [-0.1, -0.05) is 12.1 Å². The van der Waals surface area contributed by atoms with Crippen molar-refractivity contribution in [1.29, 1.82) is 0 Å². The number of methoxy groups -OCH3 is 1. The number of carbonyl (C=O) groups excluding carboxylic acids is 1. The van der Waals surface area contributed by atoms with Crippen LogP contribution in [0, 0.1) is 13.8 Å². The smallest absolute Gasteiger partial charge is 0.193 e. The SMILES string of the molecule is COc1cc(C)c(C(=O)c2ccc3c(c2)COC3)cc1C. The van der Waals surface area contributed by atoms with Crippen molar-refractivity contribution in [2.24, 2.45) is 0 Å². The summed E-state index contributed by atoms with van der Waals surface area (Å²) in [6, 6.07) is 9.64. The maximum Gasteiger partial charge on any atom is 0.193 e. The second-order valence-electron chi connectivity index (χ2n) is 5.44. The molecule has 0 bridgehead atoms. The summed E-state index contributed by atoms with van der Waals surface area (Å²) in [5.74, 6) is 0.861. The second kappa shape index (κ2) is 5.34. The molecule has 108 valence electrons. The molecule has 1 heterocycles. The molecule has 1 aliphatic rings. The van der Waals surface area contributed by atoms with E-state index in [1.165, 1.54) is 5.56 Å². The average Bonchev–Trinajstić information content (AvgIpc) is 2.95. The van der Waals surface area contributed by atoms with Gasteiger partial charge in [-0.2, -0.15) is 0 Å². The van der Waals surface area contributed by atoms with Crippen molar-refractivity contribution in [2.45, 2.75) is 27.1 Å².